The summed E-state index contributed by atoms with van der Waals surface area (Å²) in [5.41, 5.74) is 3.67. The molecule has 0 aliphatic carbocycles. The summed E-state index contributed by atoms with van der Waals surface area (Å²) >= 11 is 1.56. The number of hydrogen-bond donors (Lipinski definition) is 1. The van der Waals surface area contributed by atoms with Gasteiger partial charge in [-0.25, -0.2) is 9.67 Å². The normalized spacial score (nSPS) is 10.8. The molecule has 2 heterocycles. The van der Waals surface area contributed by atoms with Crippen LogP contribution in [0, 0.1) is 6.92 Å². The second-order valence-corrected chi connectivity index (χ2v) is 7.83. The Morgan fingerprint density at radius 1 is 1.13 bits per heavy atom. The van der Waals surface area contributed by atoms with Gasteiger partial charge in [0.1, 0.15) is 18.4 Å². The van der Waals surface area contributed by atoms with Crippen LogP contribution in [0.3, 0.4) is 0 Å². The van der Waals surface area contributed by atoms with Crippen LogP contribution >= 0.6 is 11.8 Å². The maximum atomic E-state index is 12.8. The summed E-state index contributed by atoms with van der Waals surface area (Å²) in [7, 11) is 0. The molecule has 30 heavy (non-hydrogen) atoms. The molecule has 1 amide bonds. The number of carbonyl (C=O) groups is 1. The van der Waals surface area contributed by atoms with Gasteiger partial charge in [-0.2, -0.15) is 5.10 Å². The first-order valence-corrected chi connectivity index (χ1v) is 10.5. The van der Waals surface area contributed by atoms with Gasteiger partial charge in [0.25, 0.3) is 5.91 Å². The Balaban J connectivity index is 1.34. The lowest BCUT2D eigenvalue weighted by Crippen LogP contribution is -2.23. The number of hydrogen-bond acceptors (Lipinski definition) is 6. The highest BCUT2D eigenvalue weighted by molar-refractivity contribution is 7.98. The van der Waals surface area contributed by atoms with Crippen molar-refractivity contribution in [2.45, 2.75) is 30.7 Å². The topological polar surface area (TPSA) is 85.8 Å². The molecule has 4 aromatic rings. The van der Waals surface area contributed by atoms with Crippen molar-refractivity contribution in [1.29, 1.82) is 0 Å². The van der Waals surface area contributed by atoms with E-state index in [4.69, 9.17) is 4.52 Å². The van der Waals surface area contributed by atoms with E-state index in [9.17, 15) is 4.79 Å². The van der Waals surface area contributed by atoms with Gasteiger partial charge in [-0.3, -0.25) is 4.79 Å². The van der Waals surface area contributed by atoms with E-state index in [-0.39, 0.29) is 5.91 Å². The van der Waals surface area contributed by atoms with Crippen molar-refractivity contribution in [3.63, 3.8) is 0 Å². The lowest BCUT2D eigenvalue weighted by atomic mass is 10.1. The van der Waals surface area contributed by atoms with Crippen LogP contribution in [-0.2, 0) is 18.8 Å². The first kappa shape index (κ1) is 19.9. The van der Waals surface area contributed by atoms with E-state index < -0.39 is 0 Å². The van der Waals surface area contributed by atoms with Gasteiger partial charge in [0.15, 0.2) is 0 Å². The molecule has 0 aliphatic heterocycles. The minimum Gasteiger partial charge on any atom is -0.360 e. The number of nitrogens with one attached hydrogen (secondary N) is 1. The zero-order chi connectivity index (χ0) is 20.8. The van der Waals surface area contributed by atoms with Crippen molar-refractivity contribution in [2.24, 2.45) is 0 Å². The molecule has 4 rings (SSSR count). The summed E-state index contributed by atoms with van der Waals surface area (Å²) in [6.07, 6.45) is 3.21. The molecule has 2 aromatic carbocycles. The smallest absolute Gasteiger partial charge is 0.252 e. The summed E-state index contributed by atoms with van der Waals surface area (Å²) in [6, 6.07) is 17.6. The number of aromatic nitrogens is 4. The molecule has 8 heteroatoms. The van der Waals surface area contributed by atoms with E-state index >= 15 is 0 Å². The van der Waals surface area contributed by atoms with Crippen molar-refractivity contribution in [2.75, 3.05) is 0 Å². The second-order valence-electron chi connectivity index (χ2n) is 6.81. The van der Waals surface area contributed by atoms with Crippen molar-refractivity contribution < 1.29 is 9.32 Å². The number of aryl methyl sites for hydroxylation is 1. The molecule has 0 fully saturated rings. The Hall–Kier alpha value is -3.39. The van der Waals surface area contributed by atoms with Gasteiger partial charge in [0.05, 0.1) is 23.6 Å². The van der Waals surface area contributed by atoms with Gasteiger partial charge < -0.3 is 9.84 Å². The number of thioether (sulfide) groups is 1. The molecule has 7 nitrogen and oxygen atoms in total. The summed E-state index contributed by atoms with van der Waals surface area (Å²) < 4.78 is 7.02. The molecule has 2 aromatic heterocycles. The van der Waals surface area contributed by atoms with Crippen LogP contribution in [-0.4, -0.2) is 25.8 Å². The maximum absolute atomic E-state index is 12.8. The molecule has 0 unspecified atom stereocenters. The molecule has 152 valence electrons. The lowest BCUT2D eigenvalue weighted by molar-refractivity contribution is 0.0948. The quantitative estimate of drug-likeness (QED) is 0.437. The minimum atomic E-state index is -0.0986. The molecule has 0 radical (unpaired) electrons. The third kappa shape index (κ3) is 5.15. The lowest BCUT2D eigenvalue weighted by Gasteiger charge is -2.10. The predicted octanol–water partition coefficient (Wildman–Crippen LogP) is 3.85. The number of carbonyl (C=O) groups excluding carboxylic acids is 1. The maximum Gasteiger partial charge on any atom is 0.252 e. The fraction of sp³-hybridized carbons (Fsp3) is 0.182. The van der Waals surface area contributed by atoms with Crippen LogP contribution < -0.4 is 5.32 Å². The van der Waals surface area contributed by atoms with Crippen molar-refractivity contribution in [3.05, 3.63) is 95.4 Å². The fourth-order valence-corrected chi connectivity index (χ4v) is 3.88. The van der Waals surface area contributed by atoms with Crippen LogP contribution in [0.4, 0.5) is 0 Å². The van der Waals surface area contributed by atoms with Gasteiger partial charge in [-0.15, -0.1) is 11.8 Å². The van der Waals surface area contributed by atoms with Gasteiger partial charge in [0, 0.05) is 17.5 Å². The van der Waals surface area contributed by atoms with Gasteiger partial charge in [-0.05, 0) is 30.2 Å². The minimum absolute atomic E-state index is 0.0986. The van der Waals surface area contributed by atoms with Crippen LogP contribution in [0.15, 0.2) is 76.7 Å². The summed E-state index contributed by atoms with van der Waals surface area (Å²) in [4.78, 5) is 17.6. The van der Waals surface area contributed by atoms with E-state index in [1.54, 1.807) is 22.8 Å². The van der Waals surface area contributed by atoms with Gasteiger partial charge in [0.2, 0.25) is 0 Å². The first-order chi connectivity index (χ1) is 14.7. The molecule has 0 saturated carbocycles. The summed E-state index contributed by atoms with van der Waals surface area (Å²) in [5.74, 6) is 1.32. The Kier molecular flexibility index (Phi) is 6.24. The van der Waals surface area contributed by atoms with E-state index in [1.165, 1.54) is 6.33 Å². The van der Waals surface area contributed by atoms with Gasteiger partial charge in [-0.1, -0.05) is 41.6 Å². The van der Waals surface area contributed by atoms with Crippen LogP contribution in [0.1, 0.15) is 32.9 Å². The molecular formula is C22H21N5O2S. The Bertz CT molecular complexity index is 1110. The highest BCUT2D eigenvalue weighted by atomic mass is 32.2. The summed E-state index contributed by atoms with van der Waals surface area (Å²) in [6.45, 7) is 3.02. The van der Waals surface area contributed by atoms with Crippen LogP contribution in [0.25, 0.3) is 0 Å². The Morgan fingerprint density at radius 3 is 2.67 bits per heavy atom. The van der Waals surface area contributed by atoms with E-state index in [2.05, 4.69) is 20.6 Å². The highest BCUT2D eigenvalue weighted by Gasteiger charge is 2.12. The molecule has 0 saturated heterocycles. The molecule has 1 N–H and O–H groups in total. The van der Waals surface area contributed by atoms with Crippen LogP contribution in [0.2, 0.25) is 0 Å². The first-order valence-electron chi connectivity index (χ1n) is 9.50. The number of nitrogens with zero attached hydrogens (tertiary/aromatic N) is 4. The average molecular weight is 420 g/mol. The van der Waals surface area contributed by atoms with E-state index in [1.807, 2.05) is 61.5 Å². The van der Waals surface area contributed by atoms with E-state index in [0.29, 0.717) is 24.4 Å². The van der Waals surface area contributed by atoms with Crippen molar-refractivity contribution in [1.82, 2.24) is 25.2 Å². The zero-order valence-electron chi connectivity index (χ0n) is 16.5. The monoisotopic (exact) mass is 419 g/mol. The summed E-state index contributed by atoms with van der Waals surface area (Å²) in [5, 5.41) is 11.0. The van der Waals surface area contributed by atoms with Crippen LogP contribution in [0.5, 0.6) is 0 Å². The predicted molar refractivity (Wildman–Crippen MR) is 114 cm³/mol. The largest absolute Gasteiger partial charge is 0.360 e. The Labute approximate surface area is 178 Å². The molecule has 0 aliphatic rings. The van der Waals surface area contributed by atoms with E-state index in [0.717, 1.165) is 27.5 Å². The molecule has 0 atom stereocenters. The number of amides is 1. The SMILES string of the molecule is Cc1cc(CSc2ccccc2C(=O)NCc2ccc(Cn3cncn3)cc2)on1. The molecule has 0 bridgehead atoms. The molecule has 0 spiro atoms. The number of rotatable bonds is 8. The second kappa shape index (κ2) is 9.41. The zero-order valence-corrected chi connectivity index (χ0v) is 17.3. The fourth-order valence-electron chi connectivity index (χ4n) is 2.95. The molecular weight excluding hydrogens is 398 g/mol. The average Bonchev–Trinajstić information content (AvgIpc) is 3.43. The highest BCUT2D eigenvalue weighted by Crippen LogP contribution is 2.26. The number of benzene rings is 2. The third-order valence-electron chi connectivity index (χ3n) is 4.47. The Morgan fingerprint density at radius 2 is 1.93 bits per heavy atom. The third-order valence-corrected chi connectivity index (χ3v) is 5.56. The van der Waals surface area contributed by atoms with Crippen molar-refractivity contribution >= 4 is 17.7 Å². The standard InChI is InChI=1S/C22H21N5O2S/c1-16-10-19(29-26-16)13-30-21-5-3-2-4-20(21)22(28)24-11-17-6-8-18(9-7-17)12-27-15-23-14-25-27/h2-10,14-15H,11-13H2,1H3,(H,24,28). The van der Waals surface area contributed by atoms with Gasteiger partial charge >= 0.3 is 0 Å². The van der Waals surface area contributed by atoms with Crippen molar-refractivity contribution in [3.8, 4) is 0 Å².